The molecule has 1 aromatic carbocycles. The van der Waals surface area contributed by atoms with Crippen molar-refractivity contribution in [3.63, 3.8) is 0 Å². The third kappa shape index (κ3) is 2.17. The van der Waals surface area contributed by atoms with Crippen LogP contribution in [-0.4, -0.2) is 27.7 Å². The molecule has 0 radical (unpaired) electrons. The second-order valence-corrected chi connectivity index (χ2v) is 5.98. The summed E-state index contributed by atoms with van der Waals surface area (Å²) in [6, 6.07) is 10.2. The predicted octanol–water partition coefficient (Wildman–Crippen LogP) is 2.88. The van der Waals surface area contributed by atoms with Gasteiger partial charge in [0.05, 0.1) is 21.8 Å². The maximum atomic E-state index is 12.1. The summed E-state index contributed by atoms with van der Waals surface area (Å²) < 4.78 is 1.07. The number of Topliss-reactive ketones (excluding diaryl/α,β-unsaturated/α-hetero) is 1. The maximum Gasteiger partial charge on any atom is 0.271 e. The molecule has 0 saturated heterocycles. The Kier molecular flexibility index (Phi) is 3.42. The SMILES string of the molecule is O=C(CSN1C(=O)c2ccccc2C1=O)c1cccs1. The molecule has 1 aromatic heterocycles. The van der Waals surface area contributed by atoms with E-state index in [-0.39, 0.29) is 23.4 Å². The van der Waals surface area contributed by atoms with Gasteiger partial charge in [0.1, 0.15) is 0 Å². The Hall–Kier alpha value is -1.92. The quantitative estimate of drug-likeness (QED) is 0.495. The molecule has 0 bridgehead atoms. The number of fused-ring (bicyclic) bond motifs is 1. The van der Waals surface area contributed by atoms with Crippen LogP contribution in [0.2, 0.25) is 0 Å². The van der Waals surface area contributed by atoms with Crippen LogP contribution in [0, 0.1) is 0 Å². The van der Waals surface area contributed by atoms with E-state index in [1.807, 2.05) is 5.38 Å². The Bertz CT molecular complexity index is 659. The van der Waals surface area contributed by atoms with Crippen molar-refractivity contribution < 1.29 is 14.4 Å². The molecule has 2 heterocycles. The van der Waals surface area contributed by atoms with Gasteiger partial charge in [-0.25, -0.2) is 4.31 Å². The first kappa shape index (κ1) is 13.1. The second-order valence-electron chi connectivity index (χ2n) is 4.12. The Balaban J connectivity index is 1.73. The molecule has 0 fully saturated rings. The normalized spacial score (nSPS) is 13.7. The minimum absolute atomic E-state index is 0.0754. The first-order chi connectivity index (χ1) is 9.68. The average Bonchev–Trinajstić information content (AvgIpc) is 3.07. The van der Waals surface area contributed by atoms with E-state index in [1.165, 1.54) is 11.3 Å². The molecular weight excluding hydrogens is 294 g/mol. The van der Waals surface area contributed by atoms with E-state index in [0.29, 0.717) is 16.0 Å². The van der Waals surface area contributed by atoms with Crippen LogP contribution in [0.3, 0.4) is 0 Å². The summed E-state index contributed by atoms with van der Waals surface area (Å²) in [5, 5.41) is 1.82. The lowest BCUT2D eigenvalue weighted by Gasteiger charge is -2.10. The molecule has 0 spiro atoms. The van der Waals surface area contributed by atoms with Crippen molar-refractivity contribution >= 4 is 40.9 Å². The summed E-state index contributed by atoms with van der Waals surface area (Å²) in [4.78, 5) is 36.7. The number of amides is 2. The molecule has 0 saturated carbocycles. The highest BCUT2D eigenvalue weighted by Crippen LogP contribution is 2.28. The van der Waals surface area contributed by atoms with Gasteiger partial charge in [-0.1, -0.05) is 18.2 Å². The smallest absolute Gasteiger partial charge is 0.271 e. The molecule has 1 aliphatic rings. The van der Waals surface area contributed by atoms with Crippen LogP contribution in [-0.2, 0) is 0 Å². The molecule has 20 heavy (non-hydrogen) atoms. The number of nitrogens with zero attached hydrogens (tertiary/aromatic N) is 1. The Labute approximate surface area is 123 Å². The van der Waals surface area contributed by atoms with Crippen molar-refractivity contribution in [3.05, 3.63) is 57.8 Å². The van der Waals surface area contributed by atoms with Crippen LogP contribution in [0.25, 0.3) is 0 Å². The molecule has 1 aliphatic heterocycles. The molecule has 3 rings (SSSR count). The number of carbonyl (C=O) groups is 3. The molecule has 0 atom stereocenters. The summed E-state index contributed by atoms with van der Waals surface area (Å²) in [5.41, 5.74) is 0.794. The third-order valence-corrected chi connectivity index (χ3v) is 4.77. The Morgan fingerprint density at radius 1 is 1.05 bits per heavy atom. The topological polar surface area (TPSA) is 54.5 Å². The number of ketones is 1. The highest BCUT2D eigenvalue weighted by atomic mass is 32.2. The van der Waals surface area contributed by atoms with Crippen LogP contribution in [0.4, 0.5) is 0 Å². The summed E-state index contributed by atoms with van der Waals surface area (Å²) in [5.74, 6) is -0.711. The number of imide groups is 1. The van der Waals surface area contributed by atoms with Gasteiger partial charge in [0.2, 0.25) is 0 Å². The number of hydrogen-bond donors (Lipinski definition) is 0. The largest absolute Gasteiger partial charge is 0.292 e. The van der Waals surface area contributed by atoms with Crippen molar-refractivity contribution in [1.82, 2.24) is 4.31 Å². The fourth-order valence-corrected chi connectivity index (χ4v) is 3.50. The van der Waals surface area contributed by atoms with Gasteiger partial charge in [-0.3, -0.25) is 14.4 Å². The first-order valence-corrected chi connectivity index (χ1v) is 7.68. The molecule has 0 N–H and O–H groups in total. The van der Waals surface area contributed by atoms with E-state index in [1.54, 1.807) is 36.4 Å². The van der Waals surface area contributed by atoms with E-state index in [9.17, 15) is 14.4 Å². The molecule has 6 heteroatoms. The zero-order valence-corrected chi connectivity index (χ0v) is 11.9. The monoisotopic (exact) mass is 303 g/mol. The van der Waals surface area contributed by atoms with Gasteiger partial charge in [0.15, 0.2) is 5.78 Å². The lowest BCUT2D eigenvalue weighted by molar-refractivity contribution is 0.0777. The van der Waals surface area contributed by atoms with Gasteiger partial charge in [0.25, 0.3) is 11.8 Å². The average molecular weight is 303 g/mol. The van der Waals surface area contributed by atoms with Crippen LogP contribution in [0.1, 0.15) is 30.4 Å². The summed E-state index contributed by atoms with van der Waals surface area (Å²) in [6.45, 7) is 0. The highest BCUT2D eigenvalue weighted by molar-refractivity contribution is 7.98. The summed E-state index contributed by atoms with van der Waals surface area (Å²) in [6.07, 6.45) is 0. The minimum atomic E-state index is -0.352. The fraction of sp³-hybridized carbons (Fsp3) is 0.0714. The van der Waals surface area contributed by atoms with Crippen molar-refractivity contribution in [2.75, 3.05) is 5.75 Å². The number of rotatable bonds is 4. The van der Waals surface area contributed by atoms with Gasteiger partial charge in [-0.2, -0.15) is 0 Å². The van der Waals surface area contributed by atoms with Crippen LogP contribution < -0.4 is 0 Å². The Morgan fingerprint density at radius 3 is 2.25 bits per heavy atom. The number of thiophene rings is 1. The zero-order chi connectivity index (χ0) is 14.1. The predicted molar refractivity (Wildman–Crippen MR) is 78.0 cm³/mol. The standard InChI is InChI=1S/C14H9NO3S2/c16-11(12-6-3-7-19-12)8-20-15-13(17)9-4-1-2-5-10(9)14(15)18/h1-7H,8H2. The highest BCUT2D eigenvalue weighted by Gasteiger charge is 2.36. The van der Waals surface area contributed by atoms with Crippen LogP contribution in [0.5, 0.6) is 0 Å². The van der Waals surface area contributed by atoms with Gasteiger partial charge in [-0.05, 0) is 35.5 Å². The molecule has 0 unspecified atom stereocenters. The van der Waals surface area contributed by atoms with Crippen molar-refractivity contribution in [2.45, 2.75) is 0 Å². The molecule has 4 nitrogen and oxygen atoms in total. The fourth-order valence-electron chi connectivity index (χ4n) is 1.92. The second kappa shape index (κ2) is 5.22. The summed E-state index contributed by atoms with van der Waals surface area (Å²) in [7, 11) is 0. The Morgan fingerprint density at radius 2 is 1.70 bits per heavy atom. The van der Waals surface area contributed by atoms with Gasteiger partial charge in [-0.15, -0.1) is 11.3 Å². The van der Waals surface area contributed by atoms with Crippen molar-refractivity contribution in [3.8, 4) is 0 Å². The van der Waals surface area contributed by atoms with E-state index >= 15 is 0 Å². The van der Waals surface area contributed by atoms with E-state index in [4.69, 9.17) is 0 Å². The van der Waals surface area contributed by atoms with Crippen molar-refractivity contribution in [1.29, 1.82) is 0 Å². The van der Waals surface area contributed by atoms with Crippen LogP contribution in [0.15, 0.2) is 41.8 Å². The molecule has 0 aliphatic carbocycles. The van der Waals surface area contributed by atoms with E-state index < -0.39 is 0 Å². The van der Waals surface area contributed by atoms with E-state index in [0.717, 1.165) is 16.3 Å². The minimum Gasteiger partial charge on any atom is -0.292 e. The van der Waals surface area contributed by atoms with Gasteiger partial charge >= 0.3 is 0 Å². The first-order valence-electron chi connectivity index (χ1n) is 5.86. The molecular formula is C14H9NO3S2. The third-order valence-electron chi connectivity index (χ3n) is 2.88. The molecule has 100 valence electrons. The zero-order valence-electron chi connectivity index (χ0n) is 10.2. The number of carbonyl (C=O) groups excluding carboxylic acids is 3. The summed E-state index contributed by atoms with van der Waals surface area (Å²) >= 11 is 2.31. The molecule has 2 amide bonds. The lowest BCUT2D eigenvalue weighted by atomic mass is 10.1. The molecule has 2 aromatic rings. The van der Waals surface area contributed by atoms with Gasteiger partial charge in [0, 0.05) is 0 Å². The lowest BCUT2D eigenvalue weighted by Crippen LogP contribution is -2.24. The van der Waals surface area contributed by atoms with E-state index in [2.05, 4.69) is 0 Å². The number of benzene rings is 1. The van der Waals surface area contributed by atoms with Gasteiger partial charge < -0.3 is 0 Å². The number of hydrogen-bond acceptors (Lipinski definition) is 5. The van der Waals surface area contributed by atoms with Crippen molar-refractivity contribution in [2.24, 2.45) is 0 Å². The van der Waals surface area contributed by atoms with Crippen LogP contribution >= 0.6 is 23.3 Å². The maximum absolute atomic E-state index is 12.1.